The molecule has 0 aliphatic rings. The van der Waals surface area contributed by atoms with Crippen LogP contribution in [-0.2, 0) is 0 Å². The third-order valence-electron chi connectivity index (χ3n) is 2.50. The first-order valence-electron chi connectivity index (χ1n) is 4.53. The van der Waals surface area contributed by atoms with Crippen molar-refractivity contribution in [1.82, 2.24) is 4.98 Å². The molecule has 1 aromatic rings. The first kappa shape index (κ1) is 10.5. The minimum atomic E-state index is 0.206. The topological polar surface area (TPSA) is 12.9 Å². The van der Waals surface area contributed by atoms with Crippen LogP contribution in [0.25, 0.3) is 0 Å². The highest BCUT2D eigenvalue weighted by Crippen LogP contribution is 2.36. The molecule has 0 spiro atoms. The minimum absolute atomic E-state index is 0.206. The zero-order valence-corrected chi connectivity index (χ0v) is 9.39. The Morgan fingerprint density at radius 2 is 2.00 bits per heavy atom. The van der Waals surface area contributed by atoms with Gasteiger partial charge in [-0.1, -0.05) is 39.3 Å². The van der Waals surface area contributed by atoms with Crippen LogP contribution in [0, 0.1) is 5.41 Å². The Balaban J connectivity index is 3.02. The van der Waals surface area contributed by atoms with Gasteiger partial charge in [-0.15, -0.1) is 0 Å². The van der Waals surface area contributed by atoms with Crippen molar-refractivity contribution in [3.8, 4) is 0 Å². The van der Waals surface area contributed by atoms with Crippen molar-refractivity contribution in [2.45, 2.75) is 33.6 Å². The summed E-state index contributed by atoms with van der Waals surface area (Å²) >= 11 is 6.06. The second-order valence-electron chi connectivity index (χ2n) is 4.46. The molecule has 0 N–H and O–H groups in total. The molecule has 1 unspecified atom stereocenters. The van der Waals surface area contributed by atoms with Crippen molar-refractivity contribution in [3.05, 3.63) is 29.0 Å². The molecule has 1 rings (SSSR count). The van der Waals surface area contributed by atoms with E-state index in [1.807, 2.05) is 12.1 Å². The molecule has 0 bridgehead atoms. The smallest absolute Gasteiger partial charge is 0.0624 e. The lowest BCUT2D eigenvalue weighted by atomic mass is 9.80. The Kier molecular flexibility index (Phi) is 2.97. The highest BCUT2D eigenvalue weighted by molar-refractivity contribution is 6.31. The molecule has 1 heterocycles. The van der Waals surface area contributed by atoms with Gasteiger partial charge >= 0.3 is 0 Å². The van der Waals surface area contributed by atoms with Crippen molar-refractivity contribution in [1.29, 1.82) is 0 Å². The lowest BCUT2D eigenvalue weighted by Crippen LogP contribution is -2.16. The van der Waals surface area contributed by atoms with Crippen molar-refractivity contribution in [2.75, 3.05) is 0 Å². The maximum atomic E-state index is 6.06. The first-order valence-corrected chi connectivity index (χ1v) is 4.91. The zero-order valence-electron chi connectivity index (χ0n) is 8.63. The number of hydrogen-bond donors (Lipinski definition) is 0. The summed E-state index contributed by atoms with van der Waals surface area (Å²) in [5.41, 5.74) is 1.20. The van der Waals surface area contributed by atoms with Crippen LogP contribution in [0.5, 0.6) is 0 Å². The third kappa shape index (κ3) is 2.44. The average molecular weight is 198 g/mol. The number of pyridine rings is 1. The summed E-state index contributed by atoms with van der Waals surface area (Å²) in [5, 5.41) is 0.768. The fourth-order valence-corrected chi connectivity index (χ4v) is 1.41. The Hall–Kier alpha value is -0.560. The van der Waals surface area contributed by atoms with E-state index in [-0.39, 0.29) is 5.41 Å². The summed E-state index contributed by atoms with van der Waals surface area (Å²) in [6, 6.07) is 3.76. The SMILES string of the molecule is CC(c1ncccc1Cl)C(C)(C)C. The van der Waals surface area contributed by atoms with Crippen LogP contribution in [-0.4, -0.2) is 4.98 Å². The quantitative estimate of drug-likeness (QED) is 0.666. The van der Waals surface area contributed by atoms with Crippen molar-refractivity contribution in [2.24, 2.45) is 5.41 Å². The second-order valence-corrected chi connectivity index (χ2v) is 4.87. The number of nitrogens with zero attached hydrogens (tertiary/aromatic N) is 1. The van der Waals surface area contributed by atoms with E-state index >= 15 is 0 Å². The molecular weight excluding hydrogens is 182 g/mol. The Morgan fingerprint density at radius 3 is 2.46 bits per heavy atom. The molecule has 13 heavy (non-hydrogen) atoms. The average Bonchev–Trinajstić information content (AvgIpc) is 2.02. The molecule has 72 valence electrons. The summed E-state index contributed by atoms with van der Waals surface area (Å²) < 4.78 is 0. The van der Waals surface area contributed by atoms with Gasteiger partial charge in [0.05, 0.1) is 10.7 Å². The van der Waals surface area contributed by atoms with E-state index in [0.29, 0.717) is 5.92 Å². The molecule has 0 radical (unpaired) electrons. The van der Waals surface area contributed by atoms with Crippen LogP contribution in [0.4, 0.5) is 0 Å². The molecule has 0 amide bonds. The normalized spacial score (nSPS) is 14.2. The Bertz CT molecular complexity index is 288. The lowest BCUT2D eigenvalue weighted by Gasteiger charge is -2.27. The minimum Gasteiger partial charge on any atom is -0.259 e. The van der Waals surface area contributed by atoms with Gasteiger partial charge in [-0.3, -0.25) is 4.98 Å². The van der Waals surface area contributed by atoms with E-state index in [2.05, 4.69) is 32.7 Å². The van der Waals surface area contributed by atoms with Crippen molar-refractivity contribution in [3.63, 3.8) is 0 Å². The first-order chi connectivity index (χ1) is 5.93. The van der Waals surface area contributed by atoms with Crippen molar-refractivity contribution < 1.29 is 0 Å². The number of hydrogen-bond acceptors (Lipinski definition) is 1. The monoisotopic (exact) mass is 197 g/mol. The second kappa shape index (κ2) is 3.67. The zero-order chi connectivity index (χ0) is 10.1. The molecule has 0 aromatic carbocycles. The summed E-state index contributed by atoms with van der Waals surface area (Å²) in [6.45, 7) is 8.75. The molecule has 1 nitrogen and oxygen atoms in total. The standard InChI is InChI=1S/C11H16ClN/c1-8(11(2,3)4)10-9(12)6-5-7-13-10/h5-8H,1-4H3. The van der Waals surface area contributed by atoms with E-state index in [1.165, 1.54) is 0 Å². The molecule has 0 aliphatic heterocycles. The Morgan fingerprint density at radius 1 is 1.38 bits per heavy atom. The van der Waals surface area contributed by atoms with Gasteiger partial charge < -0.3 is 0 Å². The van der Waals surface area contributed by atoms with Crippen LogP contribution in [0.3, 0.4) is 0 Å². The fraction of sp³-hybridized carbons (Fsp3) is 0.545. The van der Waals surface area contributed by atoms with Crippen molar-refractivity contribution >= 4 is 11.6 Å². The van der Waals surface area contributed by atoms with Gasteiger partial charge in [0, 0.05) is 12.1 Å². The molecule has 2 heteroatoms. The molecule has 0 fully saturated rings. The molecule has 0 aliphatic carbocycles. The Labute approximate surface area is 85.1 Å². The molecular formula is C11H16ClN. The van der Waals surface area contributed by atoms with Crippen LogP contribution in [0.15, 0.2) is 18.3 Å². The lowest BCUT2D eigenvalue weighted by molar-refractivity contribution is 0.334. The largest absolute Gasteiger partial charge is 0.259 e. The van der Waals surface area contributed by atoms with E-state index in [4.69, 9.17) is 11.6 Å². The number of rotatable bonds is 1. The van der Waals surface area contributed by atoms with E-state index in [9.17, 15) is 0 Å². The van der Waals surface area contributed by atoms with Gasteiger partial charge in [0.15, 0.2) is 0 Å². The van der Waals surface area contributed by atoms with Gasteiger partial charge in [0.2, 0.25) is 0 Å². The summed E-state index contributed by atoms with van der Waals surface area (Å²) in [5.74, 6) is 0.376. The summed E-state index contributed by atoms with van der Waals surface area (Å²) in [6.07, 6.45) is 1.80. The van der Waals surface area contributed by atoms with E-state index in [1.54, 1.807) is 6.20 Å². The van der Waals surface area contributed by atoms with Gasteiger partial charge in [-0.05, 0) is 17.5 Å². The predicted molar refractivity (Wildman–Crippen MR) is 57.1 cm³/mol. The maximum Gasteiger partial charge on any atom is 0.0624 e. The molecule has 0 saturated heterocycles. The van der Waals surface area contributed by atoms with Gasteiger partial charge in [-0.2, -0.15) is 0 Å². The summed E-state index contributed by atoms with van der Waals surface area (Å²) in [7, 11) is 0. The van der Waals surface area contributed by atoms with Crippen LogP contribution in [0.1, 0.15) is 39.3 Å². The van der Waals surface area contributed by atoms with Crippen LogP contribution < -0.4 is 0 Å². The van der Waals surface area contributed by atoms with Crippen LogP contribution in [0.2, 0.25) is 5.02 Å². The third-order valence-corrected chi connectivity index (χ3v) is 2.82. The maximum absolute atomic E-state index is 6.06. The molecule has 1 atom stereocenters. The molecule has 1 aromatic heterocycles. The number of halogens is 1. The highest BCUT2D eigenvalue weighted by Gasteiger charge is 2.24. The number of aromatic nitrogens is 1. The van der Waals surface area contributed by atoms with E-state index < -0.39 is 0 Å². The van der Waals surface area contributed by atoms with Gasteiger partial charge in [-0.25, -0.2) is 0 Å². The van der Waals surface area contributed by atoms with Gasteiger partial charge in [0.1, 0.15) is 0 Å². The predicted octanol–water partition coefficient (Wildman–Crippen LogP) is 3.88. The van der Waals surface area contributed by atoms with Crippen LogP contribution >= 0.6 is 11.6 Å². The fourth-order valence-electron chi connectivity index (χ4n) is 1.13. The summed E-state index contributed by atoms with van der Waals surface area (Å²) in [4.78, 5) is 4.31. The highest BCUT2D eigenvalue weighted by atomic mass is 35.5. The van der Waals surface area contributed by atoms with Gasteiger partial charge in [0.25, 0.3) is 0 Å². The van der Waals surface area contributed by atoms with E-state index in [0.717, 1.165) is 10.7 Å². The molecule has 0 saturated carbocycles.